The molecular weight excluding hydrogens is 253 g/mol. The highest BCUT2D eigenvalue weighted by Gasteiger charge is 2.09. The lowest BCUT2D eigenvalue weighted by molar-refractivity contribution is 0.415. The number of hydrogen-bond donors (Lipinski definition) is 0. The van der Waals surface area contributed by atoms with Gasteiger partial charge in [0.05, 0.1) is 23.8 Å². The van der Waals surface area contributed by atoms with E-state index in [1.165, 1.54) is 19.2 Å². The van der Waals surface area contributed by atoms with Crippen molar-refractivity contribution < 1.29 is 9.13 Å². The molecule has 0 bridgehead atoms. The van der Waals surface area contributed by atoms with E-state index in [0.29, 0.717) is 22.4 Å². The van der Waals surface area contributed by atoms with Crippen molar-refractivity contribution in [3.8, 4) is 22.9 Å². The van der Waals surface area contributed by atoms with Crippen molar-refractivity contribution in [3.63, 3.8) is 0 Å². The van der Waals surface area contributed by atoms with Crippen LogP contribution in [0, 0.1) is 17.1 Å². The summed E-state index contributed by atoms with van der Waals surface area (Å²) in [4.78, 5) is 0. The molecule has 0 aromatic heterocycles. The van der Waals surface area contributed by atoms with Crippen LogP contribution in [0.5, 0.6) is 5.75 Å². The van der Waals surface area contributed by atoms with Crippen molar-refractivity contribution in [1.29, 1.82) is 5.26 Å². The molecular formula is C14H9ClFNO. The van der Waals surface area contributed by atoms with E-state index in [-0.39, 0.29) is 5.02 Å². The molecule has 0 radical (unpaired) electrons. The van der Waals surface area contributed by atoms with Crippen LogP contribution in [0.15, 0.2) is 36.4 Å². The van der Waals surface area contributed by atoms with E-state index < -0.39 is 5.82 Å². The molecule has 0 fully saturated rings. The molecule has 0 atom stereocenters. The summed E-state index contributed by atoms with van der Waals surface area (Å²) in [5, 5.41) is 9.11. The maximum absolute atomic E-state index is 13.4. The molecule has 2 aromatic rings. The van der Waals surface area contributed by atoms with Gasteiger partial charge in [-0.3, -0.25) is 0 Å². The van der Waals surface area contributed by atoms with Gasteiger partial charge in [0.15, 0.2) is 0 Å². The van der Waals surface area contributed by atoms with Gasteiger partial charge in [0.25, 0.3) is 0 Å². The Kier molecular flexibility index (Phi) is 3.50. The minimum atomic E-state index is -0.513. The SMILES string of the molecule is COc1ccc(C#N)c(-c2ccc(Cl)c(F)c2)c1. The van der Waals surface area contributed by atoms with Gasteiger partial charge in [0.1, 0.15) is 11.6 Å². The number of nitrogens with zero attached hydrogens (tertiary/aromatic N) is 1. The standard InChI is InChI=1S/C14H9ClFNO/c1-18-11-4-2-10(8-17)12(7-11)9-3-5-13(15)14(16)6-9/h2-7H,1H3. The van der Waals surface area contributed by atoms with Crippen molar-refractivity contribution in [1.82, 2.24) is 0 Å². The molecule has 90 valence electrons. The quantitative estimate of drug-likeness (QED) is 0.818. The van der Waals surface area contributed by atoms with Gasteiger partial charge in [-0.1, -0.05) is 17.7 Å². The zero-order valence-electron chi connectivity index (χ0n) is 9.58. The maximum atomic E-state index is 13.4. The average Bonchev–Trinajstić information content (AvgIpc) is 2.41. The fourth-order valence-corrected chi connectivity index (χ4v) is 1.77. The van der Waals surface area contributed by atoms with Crippen LogP contribution in [0.4, 0.5) is 4.39 Å². The second-order valence-electron chi connectivity index (χ2n) is 3.65. The number of rotatable bonds is 2. The summed E-state index contributed by atoms with van der Waals surface area (Å²) in [7, 11) is 1.54. The van der Waals surface area contributed by atoms with E-state index in [1.54, 1.807) is 24.3 Å². The molecule has 0 amide bonds. The van der Waals surface area contributed by atoms with Crippen molar-refractivity contribution in [3.05, 3.63) is 52.8 Å². The van der Waals surface area contributed by atoms with E-state index in [2.05, 4.69) is 6.07 Å². The molecule has 0 aliphatic carbocycles. The average molecular weight is 262 g/mol. The second-order valence-corrected chi connectivity index (χ2v) is 4.06. The molecule has 0 aliphatic heterocycles. The lowest BCUT2D eigenvalue weighted by Crippen LogP contribution is -1.89. The zero-order valence-corrected chi connectivity index (χ0v) is 10.3. The minimum absolute atomic E-state index is 0.0557. The lowest BCUT2D eigenvalue weighted by atomic mass is 10.00. The first-order valence-electron chi connectivity index (χ1n) is 5.19. The number of halogens is 2. The molecule has 2 nitrogen and oxygen atoms in total. The van der Waals surface area contributed by atoms with Gasteiger partial charge in [0.2, 0.25) is 0 Å². The third-order valence-electron chi connectivity index (χ3n) is 2.58. The van der Waals surface area contributed by atoms with E-state index in [0.717, 1.165) is 0 Å². The van der Waals surface area contributed by atoms with Crippen LogP contribution in [-0.2, 0) is 0 Å². The first kappa shape index (κ1) is 12.4. The Labute approximate surface area is 109 Å². The third kappa shape index (κ3) is 2.29. The molecule has 0 aliphatic rings. The van der Waals surface area contributed by atoms with Gasteiger partial charge in [0, 0.05) is 5.56 Å². The Bertz CT molecular complexity index is 634. The molecule has 18 heavy (non-hydrogen) atoms. The van der Waals surface area contributed by atoms with Crippen LogP contribution in [0.2, 0.25) is 5.02 Å². The second kappa shape index (κ2) is 5.07. The van der Waals surface area contributed by atoms with Gasteiger partial charge < -0.3 is 4.74 Å². The molecule has 0 saturated heterocycles. The normalized spacial score (nSPS) is 9.89. The minimum Gasteiger partial charge on any atom is -0.497 e. The predicted octanol–water partition coefficient (Wildman–Crippen LogP) is 4.03. The van der Waals surface area contributed by atoms with E-state index in [4.69, 9.17) is 21.6 Å². The highest BCUT2D eigenvalue weighted by atomic mass is 35.5. The molecule has 2 aromatic carbocycles. The Balaban J connectivity index is 2.61. The number of hydrogen-bond acceptors (Lipinski definition) is 2. The zero-order chi connectivity index (χ0) is 13.1. The van der Waals surface area contributed by atoms with Gasteiger partial charge in [-0.2, -0.15) is 5.26 Å². The monoisotopic (exact) mass is 261 g/mol. The fourth-order valence-electron chi connectivity index (χ4n) is 1.65. The summed E-state index contributed by atoms with van der Waals surface area (Å²) >= 11 is 5.64. The molecule has 2 rings (SSSR count). The summed E-state index contributed by atoms with van der Waals surface area (Å²) in [5.74, 6) is 0.0974. The fraction of sp³-hybridized carbons (Fsp3) is 0.0714. The summed E-state index contributed by atoms with van der Waals surface area (Å²) in [6.07, 6.45) is 0. The highest BCUT2D eigenvalue weighted by molar-refractivity contribution is 6.30. The van der Waals surface area contributed by atoms with E-state index >= 15 is 0 Å². The molecule has 0 spiro atoms. The van der Waals surface area contributed by atoms with Gasteiger partial charge >= 0.3 is 0 Å². The van der Waals surface area contributed by atoms with Crippen LogP contribution in [0.1, 0.15) is 5.56 Å². The summed E-state index contributed by atoms with van der Waals surface area (Å²) in [5.41, 5.74) is 1.66. The van der Waals surface area contributed by atoms with Gasteiger partial charge in [-0.05, 0) is 35.9 Å². The lowest BCUT2D eigenvalue weighted by Gasteiger charge is -2.07. The van der Waals surface area contributed by atoms with Crippen molar-refractivity contribution in [2.24, 2.45) is 0 Å². The van der Waals surface area contributed by atoms with E-state index in [9.17, 15) is 4.39 Å². The van der Waals surface area contributed by atoms with E-state index in [1.807, 2.05) is 0 Å². The van der Waals surface area contributed by atoms with Crippen molar-refractivity contribution in [2.75, 3.05) is 7.11 Å². The molecule has 0 unspecified atom stereocenters. The Hall–Kier alpha value is -2.05. The number of nitriles is 1. The van der Waals surface area contributed by atoms with Crippen LogP contribution in [0.3, 0.4) is 0 Å². The summed E-state index contributed by atoms with van der Waals surface area (Å²) in [6, 6.07) is 11.5. The maximum Gasteiger partial charge on any atom is 0.142 e. The van der Waals surface area contributed by atoms with Crippen LogP contribution >= 0.6 is 11.6 Å². The topological polar surface area (TPSA) is 33.0 Å². The Morgan fingerprint density at radius 2 is 2.00 bits per heavy atom. The highest BCUT2D eigenvalue weighted by Crippen LogP contribution is 2.29. The first-order valence-corrected chi connectivity index (χ1v) is 5.57. The van der Waals surface area contributed by atoms with Crippen molar-refractivity contribution >= 4 is 11.6 Å². The Morgan fingerprint density at radius 1 is 1.22 bits per heavy atom. The van der Waals surface area contributed by atoms with Crippen LogP contribution in [0.25, 0.3) is 11.1 Å². The van der Waals surface area contributed by atoms with Crippen LogP contribution < -0.4 is 4.74 Å². The molecule has 0 N–H and O–H groups in total. The smallest absolute Gasteiger partial charge is 0.142 e. The predicted molar refractivity (Wildman–Crippen MR) is 68.1 cm³/mol. The summed E-state index contributed by atoms with van der Waals surface area (Å²) < 4.78 is 18.5. The number of ether oxygens (including phenoxy) is 1. The number of benzene rings is 2. The Morgan fingerprint density at radius 3 is 2.61 bits per heavy atom. The molecule has 4 heteroatoms. The van der Waals surface area contributed by atoms with Gasteiger partial charge in [-0.25, -0.2) is 4.39 Å². The third-order valence-corrected chi connectivity index (χ3v) is 2.88. The molecule has 0 heterocycles. The molecule has 0 saturated carbocycles. The van der Waals surface area contributed by atoms with Gasteiger partial charge in [-0.15, -0.1) is 0 Å². The summed E-state index contributed by atoms with van der Waals surface area (Å²) in [6.45, 7) is 0. The van der Waals surface area contributed by atoms with Crippen LogP contribution in [-0.4, -0.2) is 7.11 Å². The number of methoxy groups -OCH3 is 1. The largest absolute Gasteiger partial charge is 0.497 e. The van der Waals surface area contributed by atoms with Crippen molar-refractivity contribution in [2.45, 2.75) is 0 Å². The first-order chi connectivity index (χ1) is 8.65.